The van der Waals surface area contributed by atoms with Crippen LogP contribution < -0.4 is 14.8 Å². The number of sulfonamides is 1. The maximum Gasteiger partial charge on any atom is 0.407 e. The number of hydrogen-bond donors (Lipinski definition) is 3. The molecule has 1 fully saturated rings. The summed E-state index contributed by atoms with van der Waals surface area (Å²) in [4.78, 5) is 34.6. The van der Waals surface area contributed by atoms with Crippen LogP contribution in [-0.4, -0.2) is 74.9 Å². The van der Waals surface area contributed by atoms with E-state index in [-0.39, 0.29) is 21.8 Å². The number of nitrogens with zero attached hydrogens (tertiary/aromatic N) is 5. The standard InChI is InChI=1S/C32H44ClN7O6S/c1-20(2)24(21(3)4)19-46-27-15-18-39(37-27)26-13-12-23(29(33)36-26)30(41)38-47(44,45)28-11-7-10-25(35-28)34-17-8-9-22-14-16-32(5,6)40(22)31(42)43/h7,10-13,15,18,20-22,24H,8-9,14,16-17,19H2,1-6H3,(H,34,35)(H,38,41)(H,42,43). The first-order valence-corrected chi connectivity index (χ1v) is 17.6. The van der Waals surface area contributed by atoms with Crippen molar-refractivity contribution in [2.75, 3.05) is 18.5 Å². The number of carboxylic acid groups (broad SMARTS) is 1. The fourth-order valence-electron chi connectivity index (χ4n) is 5.97. The highest BCUT2D eigenvalue weighted by Crippen LogP contribution is 2.35. The van der Waals surface area contributed by atoms with Crippen molar-refractivity contribution in [1.82, 2.24) is 29.4 Å². The molecule has 1 atom stereocenters. The van der Waals surface area contributed by atoms with E-state index in [1.807, 2.05) is 18.6 Å². The quantitative estimate of drug-likeness (QED) is 0.138. The van der Waals surface area contributed by atoms with Crippen LogP contribution in [0.15, 0.2) is 47.6 Å². The molecule has 3 aromatic rings. The number of ether oxygens (including phenoxy) is 1. The van der Waals surface area contributed by atoms with E-state index < -0.39 is 27.6 Å². The molecule has 47 heavy (non-hydrogen) atoms. The summed E-state index contributed by atoms with van der Waals surface area (Å²) in [6.45, 7) is 13.5. The normalized spacial score (nSPS) is 16.2. The molecule has 2 amide bonds. The van der Waals surface area contributed by atoms with Crippen LogP contribution in [0.4, 0.5) is 10.6 Å². The molecule has 1 aliphatic heterocycles. The molecule has 1 saturated heterocycles. The third-order valence-corrected chi connectivity index (χ3v) is 10.1. The van der Waals surface area contributed by atoms with Gasteiger partial charge < -0.3 is 20.1 Å². The molecule has 0 spiro atoms. The number of aromatic nitrogens is 4. The van der Waals surface area contributed by atoms with Crippen LogP contribution >= 0.6 is 11.6 Å². The largest absolute Gasteiger partial charge is 0.476 e. The number of carbonyl (C=O) groups excluding carboxylic acids is 1. The molecular formula is C32H44ClN7O6S. The SMILES string of the molecule is CC(C)C(COc1ccn(-c2ccc(C(=O)NS(=O)(=O)c3cccc(NCCCC4CCC(C)(C)N4C(=O)O)n3)c(Cl)n2)n1)C(C)C. The molecule has 0 saturated carbocycles. The van der Waals surface area contributed by atoms with E-state index in [2.05, 4.69) is 48.1 Å². The van der Waals surface area contributed by atoms with Crippen molar-refractivity contribution in [3.8, 4) is 11.7 Å². The van der Waals surface area contributed by atoms with Crippen LogP contribution in [0.5, 0.6) is 5.88 Å². The first kappa shape index (κ1) is 35.9. The summed E-state index contributed by atoms with van der Waals surface area (Å²) in [5, 5.41) is 16.5. The van der Waals surface area contributed by atoms with E-state index >= 15 is 0 Å². The van der Waals surface area contributed by atoms with Crippen molar-refractivity contribution in [1.29, 1.82) is 0 Å². The number of carbonyl (C=O) groups is 2. The molecule has 0 radical (unpaired) electrons. The molecule has 4 rings (SSSR count). The topological polar surface area (TPSA) is 169 Å². The van der Waals surface area contributed by atoms with Gasteiger partial charge in [-0.05, 0) is 81.5 Å². The van der Waals surface area contributed by atoms with Gasteiger partial charge in [0.1, 0.15) is 11.0 Å². The van der Waals surface area contributed by atoms with Gasteiger partial charge in [-0.15, -0.1) is 5.10 Å². The molecular weight excluding hydrogens is 646 g/mol. The minimum atomic E-state index is -4.35. The lowest BCUT2D eigenvalue weighted by Crippen LogP contribution is -2.46. The summed E-state index contributed by atoms with van der Waals surface area (Å²) >= 11 is 6.31. The molecule has 256 valence electrons. The summed E-state index contributed by atoms with van der Waals surface area (Å²) < 4.78 is 35.5. The minimum absolute atomic E-state index is 0.0714. The Morgan fingerprint density at radius 2 is 1.83 bits per heavy atom. The Labute approximate surface area is 281 Å². The second-order valence-electron chi connectivity index (χ2n) is 13.1. The minimum Gasteiger partial charge on any atom is -0.476 e. The van der Waals surface area contributed by atoms with Crippen molar-refractivity contribution < 1.29 is 27.9 Å². The van der Waals surface area contributed by atoms with E-state index in [0.717, 1.165) is 12.8 Å². The number of likely N-dealkylation sites (tertiary alicyclic amines) is 1. The number of amides is 2. The predicted molar refractivity (Wildman–Crippen MR) is 179 cm³/mol. The van der Waals surface area contributed by atoms with E-state index in [1.54, 1.807) is 18.3 Å². The molecule has 1 unspecified atom stereocenters. The summed E-state index contributed by atoms with van der Waals surface area (Å²) in [5.74, 6) is 1.36. The average molecular weight is 690 g/mol. The number of halogens is 1. The Bertz CT molecular complexity index is 1670. The first-order valence-electron chi connectivity index (χ1n) is 15.7. The lowest BCUT2D eigenvalue weighted by molar-refractivity contribution is 0.0933. The smallest absolute Gasteiger partial charge is 0.407 e. The van der Waals surface area contributed by atoms with Crippen LogP contribution in [0.3, 0.4) is 0 Å². The summed E-state index contributed by atoms with van der Waals surface area (Å²) in [6.07, 6.45) is 3.65. The maximum absolute atomic E-state index is 13.1. The van der Waals surface area contributed by atoms with Gasteiger partial charge in [-0.2, -0.15) is 8.42 Å². The van der Waals surface area contributed by atoms with E-state index in [4.69, 9.17) is 16.3 Å². The van der Waals surface area contributed by atoms with Gasteiger partial charge >= 0.3 is 6.09 Å². The molecule has 3 N–H and O–H groups in total. The van der Waals surface area contributed by atoms with Crippen molar-refractivity contribution in [2.24, 2.45) is 17.8 Å². The number of rotatable bonds is 14. The highest BCUT2D eigenvalue weighted by Gasteiger charge is 2.42. The highest BCUT2D eigenvalue weighted by molar-refractivity contribution is 7.90. The molecule has 0 bridgehead atoms. The monoisotopic (exact) mass is 689 g/mol. The zero-order valence-corrected chi connectivity index (χ0v) is 29.2. The van der Waals surface area contributed by atoms with Crippen LogP contribution in [0, 0.1) is 17.8 Å². The van der Waals surface area contributed by atoms with E-state index in [1.165, 1.54) is 33.8 Å². The Morgan fingerprint density at radius 3 is 2.49 bits per heavy atom. The highest BCUT2D eigenvalue weighted by atomic mass is 35.5. The second kappa shape index (κ2) is 14.9. The van der Waals surface area contributed by atoms with Gasteiger partial charge in [-0.3, -0.25) is 4.79 Å². The average Bonchev–Trinajstić information content (AvgIpc) is 3.58. The van der Waals surface area contributed by atoms with Crippen molar-refractivity contribution >= 4 is 39.4 Å². The third kappa shape index (κ3) is 8.92. The summed E-state index contributed by atoms with van der Waals surface area (Å²) in [6, 6.07) is 8.90. The number of anilines is 1. The van der Waals surface area contributed by atoms with Crippen molar-refractivity contribution in [3.05, 3.63) is 53.3 Å². The van der Waals surface area contributed by atoms with Crippen LogP contribution in [-0.2, 0) is 10.0 Å². The summed E-state index contributed by atoms with van der Waals surface area (Å²) in [5.41, 5.74) is -0.538. The zero-order chi connectivity index (χ0) is 34.5. The first-order chi connectivity index (χ1) is 22.1. The van der Waals surface area contributed by atoms with Crippen LogP contribution in [0.1, 0.15) is 77.6 Å². The number of hydrogen-bond acceptors (Lipinski definition) is 9. The molecule has 15 heteroatoms. The van der Waals surface area contributed by atoms with Crippen LogP contribution in [0.25, 0.3) is 5.82 Å². The Hall–Kier alpha value is -3.91. The van der Waals surface area contributed by atoms with E-state index in [0.29, 0.717) is 61.3 Å². The fraction of sp³-hybridized carbons (Fsp3) is 0.531. The third-order valence-electron chi connectivity index (χ3n) is 8.57. The lowest BCUT2D eigenvalue weighted by Gasteiger charge is -2.33. The lowest BCUT2D eigenvalue weighted by atomic mass is 9.86. The van der Waals surface area contributed by atoms with Gasteiger partial charge in [0.05, 0.1) is 12.2 Å². The van der Waals surface area contributed by atoms with Gasteiger partial charge in [-0.25, -0.2) is 24.2 Å². The molecule has 0 aromatic carbocycles. The molecule has 1 aliphatic rings. The van der Waals surface area contributed by atoms with Gasteiger partial charge in [0, 0.05) is 30.4 Å². The fourth-order valence-corrected chi connectivity index (χ4v) is 7.14. The summed E-state index contributed by atoms with van der Waals surface area (Å²) in [7, 11) is -4.35. The molecule has 13 nitrogen and oxygen atoms in total. The van der Waals surface area contributed by atoms with Gasteiger partial charge in [0.2, 0.25) is 5.88 Å². The van der Waals surface area contributed by atoms with Crippen molar-refractivity contribution in [2.45, 2.75) is 83.8 Å². The van der Waals surface area contributed by atoms with E-state index in [9.17, 15) is 23.1 Å². The van der Waals surface area contributed by atoms with Gasteiger partial charge in [0.15, 0.2) is 10.8 Å². The Kier molecular flexibility index (Phi) is 11.4. The number of nitrogens with one attached hydrogen (secondary N) is 2. The predicted octanol–water partition coefficient (Wildman–Crippen LogP) is 5.85. The maximum atomic E-state index is 13.1. The van der Waals surface area contributed by atoms with Gasteiger partial charge in [-0.1, -0.05) is 45.4 Å². The second-order valence-corrected chi connectivity index (χ2v) is 15.1. The molecule has 0 aliphatic carbocycles. The Balaban J connectivity index is 1.34. The Morgan fingerprint density at radius 1 is 1.11 bits per heavy atom. The van der Waals surface area contributed by atoms with Crippen LogP contribution in [0.2, 0.25) is 5.15 Å². The molecule has 4 heterocycles. The number of pyridine rings is 2. The molecule has 3 aromatic heterocycles. The van der Waals surface area contributed by atoms with Gasteiger partial charge in [0.25, 0.3) is 15.9 Å². The zero-order valence-electron chi connectivity index (χ0n) is 27.6. The van der Waals surface area contributed by atoms with Crippen molar-refractivity contribution in [3.63, 3.8) is 0 Å².